The van der Waals surface area contributed by atoms with E-state index in [1.807, 2.05) is 6.92 Å². The van der Waals surface area contributed by atoms with Crippen molar-refractivity contribution in [3.63, 3.8) is 0 Å². The summed E-state index contributed by atoms with van der Waals surface area (Å²) < 4.78 is 26.0. The van der Waals surface area contributed by atoms with Gasteiger partial charge >= 0.3 is 0 Å². The van der Waals surface area contributed by atoms with Gasteiger partial charge in [-0.3, -0.25) is 4.68 Å². The predicted molar refractivity (Wildman–Crippen MR) is 37.6 cm³/mol. The summed E-state index contributed by atoms with van der Waals surface area (Å²) in [6, 6.07) is 0. The lowest BCUT2D eigenvalue weighted by Gasteiger charge is -2.08. The Labute approximate surface area is 63.8 Å². The molecular formula is C7H10F2N2. The first-order valence-electron chi connectivity index (χ1n) is 3.34. The highest BCUT2D eigenvalue weighted by Crippen LogP contribution is 2.13. The van der Waals surface area contributed by atoms with E-state index in [1.165, 1.54) is 4.68 Å². The number of nitrogens with zero attached hydrogens (tertiary/aromatic N) is 2. The molecule has 1 aromatic rings. The van der Waals surface area contributed by atoms with E-state index >= 15 is 0 Å². The molecule has 0 unspecified atom stereocenters. The number of hydrogen-bond donors (Lipinski definition) is 0. The molecule has 0 fully saturated rings. The fraction of sp³-hybridized carbons (Fsp3) is 0.571. The fourth-order valence-electron chi connectivity index (χ4n) is 0.838. The van der Waals surface area contributed by atoms with Gasteiger partial charge in [0.2, 0.25) is 0 Å². The Morgan fingerprint density at radius 2 is 2.27 bits per heavy atom. The second-order valence-electron chi connectivity index (χ2n) is 2.79. The van der Waals surface area contributed by atoms with Crippen LogP contribution in [-0.2, 0) is 6.54 Å². The second kappa shape index (κ2) is 2.60. The molecule has 0 radical (unpaired) electrons. The molecule has 1 aromatic heterocycles. The monoisotopic (exact) mass is 160 g/mol. The second-order valence-corrected chi connectivity index (χ2v) is 2.79. The van der Waals surface area contributed by atoms with Crippen LogP contribution in [0.4, 0.5) is 8.78 Å². The molecule has 1 heterocycles. The maximum absolute atomic E-state index is 12.4. The van der Waals surface area contributed by atoms with Gasteiger partial charge in [-0.05, 0) is 12.5 Å². The van der Waals surface area contributed by atoms with Crippen LogP contribution in [0.2, 0.25) is 0 Å². The number of halogens is 2. The third-order valence-corrected chi connectivity index (χ3v) is 1.20. The van der Waals surface area contributed by atoms with Gasteiger partial charge in [-0.15, -0.1) is 0 Å². The summed E-state index contributed by atoms with van der Waals surface area (Å²) in [5.41, 5.74) is 0.897. The zero-order chi connectivity index (χ0) is 8.48. The Morgan fingerprint density at radius 1 is 1.64 bits per heavy atom. The van der Waals surface area contributed by atoms with Crippen molar-refractivity contribution in [3.05, 3.63) is 18.0 Å². The van der Waals surface area contributed by atoms with E-state index in [9.17, 15) is 8.78 Å². The highest BCUT2D eigenvalue weighted by atomic mass is 19.3. The van der Waals surface area contributed by atoms with Gasteiger partial charge in [-0.1, -0.05) is 0 Å². The number of alkyl halides is 2. The molecule has 62 valence electrons. The van der Waals surface area contributed by atoms with E-state index in [0.29, 0.717) is 0 Å². The van der Waals surface area contributed by atoms with E-state index in [4.69, 9.17) is 0 Å². The summed E-state index contributed by atoms with van der Waals surface area (Å²) in [4.78, 5) is 0. The third kappa shape index (κ3) is 2.65. The first-order valence-corrected chi connectivity index (χ1v) is 3.34. The van der Waals surface area contributed by atoms with Crippen molar-refractivity contribution in [1.29, 1.82) is 0 Å². The Morgan fingerprint density at radius 3 is 2.64 bits per heavy atom. The van der Waals surface area contributed by atoms with Crippen LogP contribution in [0.1, 0.15) is 12.5 Å². The molecule has 4 heteroatoms. The SMILES string of the molecule is Cc1cnn(CC(C)(F)F)c1. The molecule has 1 rings (SSSR count). The summed E-state index contributed by atoms with van der Waals surface area (Å²) in [5, 5.41) is 3.74. The molecule has 0 aliphatic heterocycles. The molecule has 0 aromatic carbocycles. The molecule has 11 heavy (non-hydrogen) atoms. The summed E-state index contributed by atoms with van der Waals surface area (Å²) in [6.45, 7) is 2.35. The van der Waals surface area contributed by atoms with Crippen LogP contribution in [0.15, 0.2) is 12.4 Å². The number of rotatable bonds is 2. The molecule has 0 spiro atoms. The van der Waals surface area contributed by atoms with Gasteiger partial charge in [0.1, 0.15) is 6.54 Å². The van der Waals surface area contributed by atoms with Gasteiger partial charge in [0, 0.05) is 13.1 Å². The Hall–Kier alpha value is -0.930. The van der Waals surface area contributed by atoms with E-state index in [2.05, 4.69) is 5.10 Å². The summed E-state index contributed by atoms with van der Waals surface area (Å²) in [7, 11) is 0. The average molecular weight is 160 g/mol. The minimum atomic E-state index is -2.68. The van der Waals surface area contributed by atoms with E-state index < -0.39 is 5.92 Å². The van der Waals surface area contributed by atoms with Gasteiger partial charge in [0.15, 0.2) is 0 Å². The molecule has 0 aliphatic carbocycles. The van der Waals surface area contributed by atoms with Gasteiger partial charge in [0.25, 0.3) is 5.92 Å². The van der Waals surface area contributed by atoms with E-state index in [-0.39, 0.29) is 6.54 Å². The van der Waals surface area contributed by atoms with Crippen LogP contribution in [0.25, 0.3) is 0 Å². The smallest absolute Gasteiger partial charge is 0.264 e. The summed E-state index contributed by atoms with van der Waals surface area (Å²) in [6.07, 6.45) is 3.16. The topological polar surface area (TPSA) is 17.8 Å². The van der Waals surface area contributed by atoms with Crippen molar-refractivity contribution < 1.29 is 8.78 Å². The van der Waals surface area contributed by atoms with Crippen molar-refractivity contribution in [3.8, 4) is 0 Å². The lowest BCUT2D eigenvalue weighted by atomic mass is 10.4. The molecule has 0 aliphatic rings. The minimum absolute atomic E-state index is 0.346. The largest absolute Gasteiger partial charge is 0.266 e. The third-order valence-electron chi connectivity index (χ3n) is 1.20. The Kier molecular flexibility index (Phi) is 1.93. The molecule has 0 amide bonds. The van der Waals surface area contributed by atoms with Gasteiger partial charge in [-0.25, -0.2) is 8.78 Å². The average Bonchev–Trinajstić information content (AvgIpc) is 2.10. The molecule has 2 nitrogen and oxygen atoms in total. The molecule has 0 N–H and O–H groups in total. The highest BCUT2D eigenvalue weighted by Gasteiger charge is 2.21. The molecule has 0 saturated heterocycles. The lowest BCUT2D eigenvalue weighted by molar-refractivity contribution is 0.000583. The zero-order valence-electron chi connectivity index (χ0n) is 6.51. The maximum Gasteiger partial charge on any atom is 0.264 e. The van der Waals surface area contributed by atoms with Gasteiger partial charge < -0.3 is 0 Å². The van der Waals surface area contributed by atoms with Crippen LogP contribution < -0.4 is 0 Å². The zero-order valence-corrected chi connectivity index (χ0v) is 6.51. The number of aryl methyl sites for hydroxylation is 1. The van der Waals surface area contributed by atoms with Crippen molar-refractivity contribution in [2.24, 2.45) is 0 Å². The van der Waals surface area contributed by atoms with Crippen molar-refractivity contribution >= 4 is 0 Å². The predicted octanol–water partition coefficient (Wildman–Crippen LogP) is 1.85. The normalized spacial score (nSPS) is 12.0. The van der Waals surface area contributed by atoms with Crippen LogP contribution in [0.3, 0.4) is 0 Å². The lowest BCUT2D eigenvalue weighted by Crippen LogP contribution is -2.19. The van der Waals surface area contributed by atoms with Gasteiger partial charge in [0.05, 0.1) is 6.20 Å². The van der Waals surface area contributed by atoms with Crippen LogP contribution in [-0.4, -0.2) is 15.7 Å². The van der Waals surface area contributed by atoms with Crippen molar-refractivity contribution in [2.75, 3.05) is 0 Å². The fourth-order valence-corrected chi connectivity index (χ4v) is 0.838. The summed E-state index contributed by atoms with van der Waals surface area (Å²) in [5.74, 6) is -2.68. The number of hydrogen-bond acceptors (Lipinski definition) is 1. The maximum atomic E-state index is 12.4. The first-order chi connectivity index (χ1) is 4.97. The molecule has 0 atom stereocenters. The summed E-state index contributed by atoms with van der Waals surface area (Å²) >= 11 is 0. The highest BCUT2D eigenvalue weighted by molar-refractivity contribution is 4.99. The number of aromatic nitrogens is 2. The van der Waals surface area contributed by atoms with E-state index in [0.717, 1.165) is 12.5 Å². The van der Waals surface area contributed by atoms with E-state index in [1.54, 1.807) is 12.4 Å². The van der Waals surface area contributed by atoms with Gasteiger partial charge in [-0.2, -0.15) is 5.10 Å². The van der Waals surface area contributed by atoms with Crippen LogP contribution in [0.5, 0.6) is 0 Å². The Bertz CT molecular complexity index is 237. The van der Waals surface area contributed by atoms with Crippen LogP contribution in [0, 0.1) is 6.92 Å². The molecule has 0 saturated carbocycles. The quantitative estimate of drug-likeness (QED) is 0.645. The molecule has 0 bridgehead atoms. The van der Waals surface area contributed by atoms with Crippen molar-refractivity contribution in [1.82, 2.24) is 9.78 Å². The first kappa shape index (κ1) is 8.17. The minimum Gasteiger partial charge on any atom is -0.266 e. The molecular weight excluding hydrogens is 150 g/mol. The van der Waals surface area contributed by atoms with Crippen molar-refractivity contribution in [2.45, 2.75) is 26.3 Å². The van der Waals surface area contributed by atoms with Crippen LogP contribution >= 0.6 is 0 Å². The standard InChI is InChI=1S/C7H10F2N2/c1-6-3-10-11(4-6)5-7(2,8)9/h3-4H,5H2,1-2H3. The Balaban J connectivity index is 2.65.